The number of guanidine groups is 1. The van der Waals surface area contributed by atoms with Crippen molar-refractivity contribution in [1.29, 1.82) is 0 Å². The van der Waals surface area contributed by atoms with Crippen LogP contribution in [0.2, 0.25) is 0 Å². The van der Waals surface area contributed by atoms with Crippen LogP contribution in [0.1, 0.15) is 54.6 Å². The number of hydrogen-bond donors (Lipinski definition) is 2. The molecule has 1 aromatic rings. The summed E-state index contributed by atoms with van der Waals surface area (Å²) < 4.78 is 5.99. The number of nitrogens with zero attached hydrogens (tertiary/aromatic N) is 2. The normalized spacial score (nSPS) is 16.4. The molecule has 1 saturated carbocycles. The van der Waals surface area contributed by atoms with E-state index >= 15 is 0 Å². The lowest BCUT2D eigenvalue weighted by atomic mass is 9.98. The molecule has 1 unspecified atom stereocenters. The second kappa shape index (κ2) is 12.9. The summed E-state index contributed by atoms with van der Waals surface area (Å²) in [6.45, 7) is 8.83. The van der Waals surface area contributed by atoms with E-state index in [-0.39, 0.29) is 24.0 Å². The number of hydrogen-bond acceptors (Lipinski definition) is 4. The van der Waals surface area contributed by atoms with E-state index in [4.69, 9.17) is 4.74 Å². The summed E-state index contributed by atoms with van der Waals surface area (Å²) in [5.74, 6) is 1.62. The van der Waals surface area contributed by atoms with Crippen LogP contribution >= 0.6 is 35.3 Å². The van der Waals surface area contributed by atoms with Crippen molar-refractivity contribution >= 4 is 41.3 Å². The maximum Gasteiger partial charge on any atom is 0.190 e. The summed E-state index contributed by atoms with van der Waals surface area (Å²) in [6.07, 6.45) is 7.80. The largest absolute Gasteiger partial charge is 0.378 e. The molecule has 0 bridgehead atoms. The maximum absolute atomic E-state index is 5.99. The van der Waals surface area contributed by atoms with Gasteiger partial charge in [-0.1, -0.05) is 12.8 Å². The van der Waals surface area contributed by atoms with E-state index in [1.54, 1.807) is 11.3 Å². The SMILES string of the molecule is CCOC(CCNC(=NC)NCCc1sc(C)nc1C)C1CCCC1.I. The third kappa shape index (κ3) is 7.68. The molecule has 2 rings (SSSR count). The van der Waals surface area contributed by atoms with Crippen molar-refractivity contribution in [2.75, 3.05) is 26.7 Å². The zero-order chi connectivity index (χ0) is 18.1. The van der Waals surface area contributed by atoms with E-state index in [1.165, 1.54) is 30.6 Å². The summed E-state index contributed by atoms with van der Waals surface area (Å²) in [4.78, 5) is 10.2. The Balaban J connectivity index is 0.00000338. The van der Waals surface area contributed by atoms with Crippen molar-refractivity contribution in [3.8, 4) is 0 Å². The molecule has 2 N–H and O–H groups in total. The Kier molecular flexibility index (Phi) is 11.7. The Morgan fingerprint density at radius 1 is 1.27 bits per heavy atom. The Hall–Kier alpha value is -0.410. The molecular formula is C19H35IN4OS. The third-order valence-corrected chi connectivity index (χ3v) is 6.03. The fraction of sp³-hybridized carbons (Fsp3) is 0.789. The van der Waals surface area contributed by atoms with Gasteiger partial charge in [-0.25, -0.2) is 4.98 Å². The van der Waals surface area contributed by atoms with Crippen LogP contribution < -0.4 is 10.6 Å². The van der Waals surface area contributed by atoms with Gasteiger partial charge in [0.1, 0.15) is 0 Å². The fourth-order valence-corrected chi connectivity index (χ4v) is 4.59. The first-order valence-electron chi connectivity index (χ1n) is 9.63. The molecule has 1 aromatic heterocycles. The molecule has 1 heterocycles. The summed E-state index contributed by atoms with van der Waals surface area (Å²) in [7, 11) is 1.83. The topological polar surface area (TPSA) is 58.5 Å². The number of rotatable bonds is 9. The van der Waals surface area contributed by atoms with Crippen molar-refractivity contribution in [3.05, 3.63) is 15.6 Å². The van der Waals surface area contributed by atoms with E-state index in [1.807, 2.05) is 7.05 Å². The molecule has 0 saturated heterocycles. The van der Waals surface area contributed by atoms with Gasteiger partial charge < -0.3 is 15.4 Å². The molecule has 7 heteroatoms. The predicted molar refractivity (Wildman–Crippen MR) is 122 cm³/mol. The minimum Gasteiger partial charge on any atom is -0.378 e. The molecule has 0 spiro atoms. The maximum atomic E-state index is 5.99. The van der Waals surface area contributed by atoms with Crippen LogP contribution in [-0.4, -0.2) is 43.8 Å². The summed E-state index contributed by atoms with van der Waals surface area (Å²) in [5, 5.41) is 7.98. The number of nitrogens with one attached hydrogen (secondary N) is 2. The quantitative estimate of drug-likeness (QED) is 0.309. The number of thiazole rings is 1. The molecular weight excluding hydrogens is 459 g/mol. The van der Waals surface area contributed by atoms with Gasteiger partial charge in [-0.3, -0.25) is 4.99 Å². The monoisotopic (exact) mass is 494 g/mol. The summed E-state index contributed by atoms with van der Waals surface area (Å²) in [5.41, 5.74) is 1.16. The van der Waals surface area contributed by atoms with E-state index in [2.05, 4.69) is 41.4 Å². The molecule has 0 radical (unpaired) electrons. The number of ether oxygens (including phenoxy) is 1. The minimum absolute atomic E-state index is 0. The molecule has 0 aromatic carbocycles. The summed E-state index contributed by atoms with van der Waals surface area (Å²) in [6, 6.07) is 0. The first-order chi connectivity index (χ1) is 12.1. The summed E-state index contributed by atoms with van der Waals surface area (Å²) >= 11 is 1.79. The second-order valence-electron chi connectivity index (χ2n) is 6.74. The highest BCUT2D eigenvalue weighted by Gasteiger charge is 2.25. The van der Waals surface area contributed by atoms with Gasteiger partial charge in [0.15, 0.2) is 5.96 Å². The molecule has 1 aliphatic rings. The van der Waals surface area contributed by atoms with Crippen molar-refractivity contribution in [2.45, 2.75) is 65.4 Å². The number of aliphatic imine (C=N–C) groups is 1. The number of aryl methyl sites for hydroxylation is 2. The smallest absolute Gasteiger partial charge is 0.190 e. The molecule has 150 valence electrons. The van der Waals surface area contributed by atoms with E-state index in [9.17, 15) is 0 Å². The molecule has 1 atom stereocenters. The highest BCUT2D eigenvalue weighted by atomic mass is 127. The van der Waals surface area contributed by atoms with Gasteiger partial charge in [-0.2, -0.15) is 0 Å². The molecule has 1 fully saturated rings. The zero-order valence-electron chi connectivity index (χ0n) is 16.6. The van der Waals surface area contributed by atoms with E-state index in [0.29, 0.717) is 6.10 Å². The van der Waals surface area contributed by atoms with Gasteiger partial charge in [0.25, 0.3) is 0 Å². The highest BCUT2D eigenvalue weighted by molar-refractivity contribution is 14.0. The van der Waals surface area contributed by atoms with Crippen LogP contribution in [0, 0.1) is 19.8 Å². The average Bonchev–Trinajstić information content (AvgIpc) is 3.22. The standard InChI is InChI=1S/C19H34N4OS.HI/c1-5-24-17(16-8-6-7-9-16)10-12-21-19(20-4)22-13-11-18-14(2)23-15(3)25-18;/h16-17H,5-13H2,1-4H3,(H2,20,21,22);1H. The van der Waals surface area contributed by atoms with Crippen LogP contribution in [0.3, 0.4) is 0 Å². The highest BCUT2D eigenvalue weighted by Crippen LogP contribution is 2.30. The van der Waals surface area contributed by atoms with Gasteiger partial charge in [-0.05, 0) is 46.0 Å². The van der Waals surface area contributed by atoms with Gasteiger partial charge in [0.05, 0.1) is 16.8 Å². The Labute approximate surface area is 179 Å². The van der Waals surface area contributed by atoms with Crippen molar-refractivity contribution < 1.29 is 4.74 Å². The predicted octanol–water partition coefficient (Wildman–Crippen LogP) is 4.07. The fourth-order valence-electron chi connectivity index (χ4n) is 3.65. The van der Waals surface area contributed by atoms with Crippen molar-refractivity contribution in [2.24, 2.45) is 10.9 Å². The van der Waals surface area contributed by atoms with Gasteiger partial charge in [0.2, 0.25) is 0 Å². The molecule has 1 aliphatic carbocycles. The minimum atomic E-state index is 0. The Morgan fingerprint density at radius 2 is 1.96 bits per heavy atom. The number of halogens is 1. The van der Waals surface area contributed by atoms with Gasteiger partial charge >= 0.3 is 0 Å². The average molecular weight is 494 g/mol. The van der Waals surface area contributed by atoms with Crippen LogP contribution in [0.15, 0.2) is 4.99 Å². The molecule has 5 nitrogen and oxygen atoms in total. The van der Waals surface area contributed by atoms with Gasteiger partial charge in [0, 0.05) is 38.0 Å². The Bertz CT molecular complexity index is 544. The lowest BCUT2D eigenvalue weighted by Crippen LogP contribution is -2.40. The molecule has 0 amide bonds. The van der Waals surface area contributed by atoms with E-state index in [0.717, 1.165) is 55.1 Å². The Morgan fingerprint density at radius 3 is 2.54 bits per heavy atom. The third-order valence-electron chi connectivity index (χ3n) is 4.90. The van der Waals surface area contributed by atoms with Crippen molar-refractivity contribution in [1.82, 2.24) is 15.6 Å². The van der Waals surface area contributed by atoms with Crippen LogP contribution in [0.4, 0.5) is 0 Å². The molecule has 0 aliphatic heterocycles. The van der Waals surface area contributed by atoms with Gasteiger partial charge in [-0.15, -0.1) is 35.3 Å². The molecule has 26 heavy (non-hydrogen) atoms. The van der Waals surface area contributed by atoms with Crippen molar-refractivity contribution in [3.63, 3.8) is 0 Å². The van der Waals surface area contributed by atoms with Crippen LogP contribution in [0.5, 0.6) is 0 Å². The zero-order valence-corrected chi connectivity index (χ0v) is 19.8. The first kappa shape index (κ1) is 23.6. The second-order valence-corrected chi connectivity index (χ2v) is 8.03. The lowest BCUT2D eigenvalue weighted by molar-refractivity contribution is 0.0169. The van der Waals surface area contributed by atoms with Crippen LogP contribution in [0.25, 0.3) is 0 Å². The lowest BCUT2D eigenvalue weighted by Gasteiger charge is -2.24. The van der Waals surface area contributed by atoms with E-state index < -0.39 is 0 Å². The van der Waals surface area contributed by atoms with Crippen LogP contribution in [-0.2, 0) is 11.2 Å². The number of aromatic nitrogens is 1. The first-order valence-corrected chi connectivity index (χ1v) is 10.4.